The van der Waals surface area contributed by atoms with Gasteiger partial charge in [-0.2, -0.15) is 0 Å². The van der Waals surface area contributed by atoms with Gasteiger partial charge in [-0.3, -0.25) is 4.79 Å². The highest BCUT2D eigenvalue weighted by molar-refractivity contribution is 7.14. The van der Waals surface area contributed by atoms with Crippen molar-refractivity contribution >= 4 is 38.8 Å². The van der Waals surface area contributed by atoms with Crippen LogP contribution in [0.5, 0.6) is 0 Å². The van der Waals surface area contributed by atoms with Crippen molar-refractivity contribution in [3.8, 4) is 0 Å². The molecule has 2 aromatic heterocycles. The van der Waals surface area contributed by atoms with Crippen molar-refractivity contribution in [1.29, 1.82) is 0 Å². The standard InChI is InChI=1S/C14H19N5OS2/c1-2-15-13-17-11(10-22-13)12(20)18-5-3-6-19(8-7-18)14-16-4-9-21-14/h4,9-10H,2-3,5-8H2,1H3,(H,15,17). The predicted molar refractivity (Wildman–Crippen MR) is 91.1 cm³/mol. The molecule has 2 aromatic rings. The van der Waals surface area contributed by atoms with E-state index in [0.29, 0.717) is 12.2 Å². The smallest absolute Gasteiger partial charge is 0.273 e. The quantitative estimate of drug-likeness (QED) is 0.928. The molecule has 6 nitrogen and oxygen atoms in total. The van der Waals surface area contributed by atoms with Crippen LogP contribution in [0, 0.1) is 0 Å². The van der Waals surface area contributed by atoms with E-state index < -0.39 is 0 Å². The van der Waals surface area contributed by atoms with Crippen molar-refractivity contribution in [2.75, 3.05) is 42.9 Å². The second-order valence-electron chi connectivity index (χ2n) is 5.02. The average Bonchev–Trinajstić information content (AvgIpc) is 3.15. The minimum atomic E-state index is 0.0291. The Hall–Kier alpha value is -1.67. The van der Waals surface area contributed by atoms with E-state index in [-0.39, 0.29) is 5.91 Å². The number of amides is 1. The SMILES string of the molecule is CCNc1nc(C(=O)N2CCCN(c3nccs3)CC2)cs1. The van der Waals surface area contributed by atoms with Gasteiger partial charge in [0.2, 0.25) is 0 Å². The zero-order valence-electron chi connectivity index (χ0n) is 12.5. The number of carbonyl (C=O) groups is 1. The summed E-state index contributed by atoms with van der Waals surface area (Å²) in [6, 6.07) is 0. The van der Waals surface area contributed by atoms with Gasteiger partial charge in [-0.05, 0) is 13.3 Å². The molecule has 3 heterocycles. The lowest BCUT2D eigenvalue weighted by Crippen LogP contribution is -2.35. The van der Waals surface area contributed by atoms with Crippen LogP contribution in [-0.2, 0) is 0 Å². The van der Waals surface area contributed by atoms with Crippen LogP contribution in [0.1, 0.15) is 23.8 Å². The van der Waals surface area contributed by atoms with Crippen LogP contribution >= 0.6 is 22.7 Å². The van der Waals surface area contributed by atoms with Gasteiger partial charge in [0, 0.05) is 49.7 Å². The number of thiazole rings is 2. The Balaban J connectivity index is 1.63. The van der Waals surface area contributed by atoms with E-state index in [2.05, 4.69) is 20.2 Å². The lowest BCUT2D eigenvalue weighted by atomic mass is 10.3. The number of anilines is 2. The maximum atomic E-state index is 12.6. The summed E-state index contributed by atoms with van der Waals surface area (Å²) in [5.41, 5.74) is 0.545. The van der Waals surface area contributed by atoms with Gasteiger partial charge < -0.3 is 15.1 Å². The number of nitrogens with zero attached hydrogens (tertiary/aromatic N) is 4. The molecule has 0 unspecified atom stereocenters. The van der Waals surface area contributed by atoms with Crippen LogP contribution in [0.15, 0.2) is 17.0 Å². The molecule has 22 heavy (non-hydrogen) atoms. The van der Waals surface area contributed by atoms with Crippen molar-refractivity contribution in [3.05, 3.63) is 22.7 Å². The molecule has 0 aliphatic carbocycles. The Labute approximate surface area is 137 Å². The molecular weight excluding hydrogens is 318 g/mol. The topological polar surface area (TPSA) is 61.4 Å². The Morgan fingerprint density at radius 2 is 2.23 bits per heavy atom. The normalized spacial score (nSPS) is 15.7. The summed E-state index contributed by atoms with van der Waals surface area (Å²) in [6.07, 6.45) is 2.78. The molecule has 0 atom stereocenters. The average molecular weight is 337 g/mol. The van der Waals surface area contributed by atoms with Crippen LogP contribution in [0.4, 0.5) is 10.3 Å². The van der Waals surface area contributed by atoms with Gasteiger partial charge in [0.15, 0.2) is 10.3 Å². The molecule has 1 fully saturated rings. The number of hydrogen-bond acceptors (Lipinski definition) is 7. The van der Waals surface area contributed by atoms with Gasteiger partial charge in [-0.1, -0.05) is 0 Å². The second-order valence-corrected chi connectivity index (χ2v) is 6.75. The maximum Gasteiger partial charge on any atom is 0.273 e. The molecule has 1 saturated heterocycles. The van der Waals surface area contributed by atoms with Crippen molar-refractivity contribution in [2.24, 2.45) is 0 Å². The first-order valence-electron chi connectivity index (χ1n) is 7.41. The largest absolute Gasteiger partial charge is 0.362 e. The fourth-order valence-electron chi connectivity index (χ4n) is 2.45. The molecule has 0 radical (unpaired) electrons. The van der Waals surface area contributed by atoms with E-state index >= 15 is 0 Å². The van der Waals surface area contributed by atoms with Crippen LogP contribution in [0.25, 0.3) is 0 Å². The highest BCUT2D eigenvalue weighted by Crippen LogP contribution is 2.21. The van der Waals surface area contributed by atoms with Gasteiger partial charge in [0.05, 0.1) is 0 Å². The predicted octanol–water partition coefficient (Wildman–Crippen LogP) is 2.38. The fourth-order valence-corrected chi connectivity index (χ4v) is 3.90. The summed E-state index contributed by atoms with van der Waals surface area (Å²) in [4.78, 5) is 25.5. The summed E-state index contributed by atoms with van der Waals surface area (Å²) in [5, 5.41) is 8.82. The zero-order valence-corrected chi connectivity index (χ0v) is 14.1. The molecule has 3 rings (SSSR count). The van der Waals surface area contributed by atoms with E-state index in [9.17, 15) is 4.79 Å². The number of hydrogen-bond donors (Lipinski definition) is 1. The third kappa shape index (κ3) is 3.38. The van der Waals surface area contributed by atoms with Crippen LogP contribution in [0.3, 0.4) is 0 Å². The molecule has 1 aliphatic heterocycles. The first-order chi connectivity index (χ1) is 10.8. The third-order valence-corrected chi connectivity index (χ3v) is 5.16. The fraction of sp³-hybridized carbons (Fsp3) is 0.500. The molecule has 1 N–H and O–H groups in total. The van der Waals surface area contributed by atoms with Crippen LogP contribution in [-0.4, -0.2) is 53.5 Å². The second kappa shape index (κ2) is 7.06. The molecule has 0 spiro atoms. The molecule has 0 saturated carbocycles. The lowest BCUT2D eigenvalue weighted by Gasteiger charge is -2.21. The first kappa shape index (κ1) is 15.2. The molecule has 1 amide bonds. The lowest BCUT2D eigenvalue weighted by molar-refractivity contribution is 0.0762. The number of aromatic nitrogens is 2. The monoisotopic (exact) mass is 337 g/mol. The molecule has 8 heteroatoms. The van der Waals surface area contributed by atoms with Crippen molar-refractivity contribution in [2.45, 2.75) is 13.3 Å². The van der Waals surface area contributed by atoms with E-state index in [1.165, 1.54) is 11.3 Å². The highest BCUT2D eigenvalue weighted by atomic mass is 32.1. The molecular formula is C14H19N5OS2. The molecule has 0 bridgehead atoms. The number of nitrogens with one attached hydrogen (secondary N) is 1. The number of rotatable bonds is 4. The minimum Gasteiger partial charge on any atom is -0.362 e. The van der Waals surface area contributed by atoms with Gasteiger partial charge in [0.1, 0.15) is 5.69 Å². The Bertz CT molecular complexity index is 613. The van der Waals surface area contributed by atoms with Gasteiger partial charge in [-0.25, -0.2) is 9.97 Å². The summed E-state index contributed by atoms with van der Waals surface area (Å²) >= 11 is 3.13. The van der Waals surface area contributed by atoms with Gasteiger partial charge in [-0.15, -0.1) is 22.7 Å². The maximum absolute atomic E-state index is 12.6. The van der Waals surface area contributed by atoms with E-state index in [4.69, 9.17) is 0 Å². The summed E-state index contributed by atoms with van der Waals surface area (Å²) in [6.45, 7) is 6.08. The van der Waals surface area contributed by atoms with Crippen LogP contribution < -0.4 is 10.2 Å². The molecule has 118 valence electrons. The van der Waals surface area contributed by atoms with Gasteiger partial charge in [0.25, 0.3) is 5.91 Å². The van der Waals surface area contributed by atoms with Crippen LogP contribution in [0.2, 0.25) is 0 Å². The van der Waals surface area contributed by atoms with Crippen molar-refractivity contribution in [1.82, 2.24) is 14.9 Å². The Morgan fingerprint density at radius 1 is 1.32 bits per heavy atom. The molecule has 0 aromatic carbocycles. The van der Waals surface area contributed by atoms with Crippen molar-refractivity contribution in [3.63, 3.8) is 0 Å². The Kier molecular flexibility index (Phi) is 4.89. The van der Waals surface area contributed by atoms with E-state index in [1.807, 2.05) is 28.8 Å². The zero-order chi connectivity index (χ0) is 15.4. The van der Waals surface area contributed by atoms with Crippen molar-refractivity contribution < 1.29 is 4.79 Å². The summed E-state index contributed by atoms with van der Waals surface area (Å²) < 4.78 is 0. The minimum absolute atomic E-state index is 0.0291. The highest BCUT2D eigenvalue weighted by Gasteiger charge is 2.23. The molecule has 1 aliphatic rings. The Morgan fingerprint density at radius 3 is 3.00 bits per heavy atom. The third-order valence-electron chi connectivity index (χ3n) is 3.52. The number of carbonyl (C=O) groups excluding carboxylic acids is 1. The van der Waals surface area contributed by atoms with E-state index in [1.54, 1.807) is 11.3 Å². The summed E-state index contributed by atoms with van der Waals surface area (Å²) in [5.74, 6) is 0.0291. The first-order valence-corrected chi connectivity index (χ1v) is 9.17. The van der Waals surface area contributed by atoms with Gasteiger partial charge >= 0.3 is 0 Å². The summed E-state index contributed by atoms with van der Waals surface area (Å²) in [7, 11) is 0. The van der Waals surface area contributed by atoms with E-state index in [0.717, 1.165) is 42.9 Å².